The molecule has 5 heteroatoms. The predicted octanol–water partition coefficient (Wildman–Crippen LogP) is 4.50. The lowest BCUT2D eigenvalue weighted by Gasteiger charge is -2.10. The number of carbonyl (C=O) groups excluding carboxylic acids is 2. The van der Waals surface area contributed by atoms with Gasteiger partial charge in [-0.3, -0.25) is 9.59 Å². The van der Waals surface area contributed by atoms with Crippen molar-refractivity contribution in [1.82, 2.24) is 0 Å². The lowest BCUT2D eigenvalue weighted by molar-refractivity contribution is -0.118. The lowest BCUT2D eigenvalue weighted by Crippen LogP contribution is -2.20. The van der Waals surface area contributed by atoms with Gasteiger partial charge >= 0.3 is 0 Å². The van der Waals surface area contributed by atoms with Crippen molar-refractivity contribution in [3.8, 4) is 5.75 Å². The maximum atomic E-state index is 12.1. The first kappa shape index (κ1) is 20.1. The van der Waals surface area contributed by atoms with Crippen LogP contribution in [0.4, 0.5) is 11.4 Å². The molecule has 0 heterocycles. The van der Waals surface area contributed by atoms with Gasteiger partial charge in [-0.05, 0) is 66.9 Å². The van der Waals surface area contributed by atoms with E-state index in [0.717, 1.165) is 11.1 Å². The predicted molar refractivity (Wildman–Crippen MR) is 115 cm³/mol. The number of ether oxygens (including phenoxy) is 1. The van der Waals surface area contributed by atoms with Crippen LogP contribution in [0.1, 0.15) is 16.7 Å². The molecule has 5 nitrogen and oxygen atoms in total. The van der Waals surface area contributed by atoms with Crippen molar-refractivity contribution >= 4 is 23.2 Å². The molecule has 2 N–H and O–H groups in total. The van der Waals surface area contributed by atoms with Crippen molar-refractivity contribution in [1.29, 1.82) is 0 Å². The minimum atomic E-state index is -0.246. The zero-order valence-corrected chi connectivity index (χ0v) is 16.6. The summed E-state index contributed by atoms with van der Waals surface area (Å²) in [5, 5.41) is 5.63. The van der Waals surface area contributed by atoms with Gasteiger partial charge in [-0.1, -0.05) is 36.4 Å². The maximum absolute atomic E-state index is 12.1. The summed E-state index contributed by atoms with van der Waals surface area (Å²) < 4.78 is 5.54. The van der Waals surface area contributed by atoms with Crippen molar-refractivity contribution in [2.75, 3.05) is 17.2 Å². The number of anilines is 2. The van der Waals surface area contributed by atoms with Gasteiger partial charge < -0.3 is 15.4 Å². The molecule has 0 radical (unpaired) electrons. The SMILES string of the molecule is Cc1ccc(OCC(=O)Nc2ccc(NC(=O)Cc3ccccc3)cc2)cc1C. The Kier molecular flexibility index (Phi) is 6.63. The lowest BCUT2D eigenvalue weighted by atomic mass is 10.1. The molecule has 0 fully saturated rings. The molecule has 0 bridgehead atoms. The fraction of sp³-hybridized carbons (Fsp3) is 0.167. The molecule has 0 aliphatic heterocycles. The molecule has 0 spiro atoms. The summed E-state index contributed by atoms with van der Waals surface area (Å²) >= 11 is 0. The summed E-state index contributed by atoms with van der Waals surface area (Å²) in [6.45, 7) is 3.96. The first-order valence-electron chi connectivity index (χ1n) is 9.43. The summed E-state index contributed by atoms with van der Waals surface area (Å²) in [7, 11) is 0. The monoisotopic (exact) mass is 388 g/mol. The quantitative estimate of drug-likeness (QED) is 0.626. The van der Waals surface area contributed by atoms with Gasteiger partial charge in [0, 0.05) is 11.4 Å². The Balaban J connectivity index is 1.47. The van der Waals surface area contributed by atoms with E-state index in [1.165, 1.54) is 5.56 Å². The molecule has 0 saturated heterocycles. The third-order valence-corrected chi connectivity index (χ3v) is 4.51. The van der Waals surface area contributed by atoms with Crippen LogP contribution >= 0.6 is 0 Å². The summed E-state index contributed by atoms with van der Waals surface area (Å²) in [6.07, 6.45) is 0.315. The highest BCUT2D eigenvalue weighted by Gasteiger charge is 2.07. The van der Waals surface area contributed by atoms with E-state index >= 15 is 0 Å². The highest BCUT2D eigenvalue weighted by molar-refractivity contribution is 5.94. The Morgan fingerprint density at radius 3 is 2.00 bits per heavy atom. The van der Waals surface area contributed by atoms with Crippen LogP contribution in [0, 0.1) is 13.8 Å². The summed E-state index contributed by atoms with van der Waals surface area (Å²) in [5.74, 6) is 0.332. The van der Waals surface area contributed by atoms with Gasteiger partial charge in [0.25, 0.3) is 5.91 Å². The Morgan fingerprint density at radius 1 is 0.759 bits per heavy atom. The number of benzene rings is 3. The first-order chi connectivity index (χ1) is 14.0. The molecule has 0 aromatic heterocycles. The van der Waals surface area contributed by atoms with E-state index < -0.39 is 0 Å². The number of nitrogens with one attached hydrogen (secondary N) is 2. The van der Waals surface area contributed by atoms with Gasteiger partial charge in [-0.15, -0.1) is 0 Å². The average Bonchev–Trinajstić information content (AvgIpc) is 2.71. The number of rotatable bonds is 7. The van der Waals surface area contributed by atoms with E-state index in [1.54, 1.807) is 24.3 Å². The second-order valence-corrected chi connectivity index (χ2v) is 6.87. The summed E-state index contributed by atoms with van der Waals surface area (Å²) in [5.41, 5.74) is 4.57. The number of amides is 2. The molecular weight excluding hydrogens is 364 g/mol. The normalized spacial score (nSPS) is 10.3. The van der Waals surface area contributed by atoms with Crippen LogP contribution in [0.2, 0.25) is 0 Å². The fourth-order valence-corrected chi connectivity index (χ4v) is 2.77. The van der Waals surface area contributed by atoms with E-state index in [2.05, 4.69) is 10.6 Å². The molecule has 3 rings (SSSR count). The number of hydrogen-bond donors (Lipinski definition) is 2. The Labute approximate surface area is 170 Å². The van der Waals surface area contributed by atoms with Crippen molar-refractivity contribution in [3.05, 3.63) is 89.5 Å². The van der Waals surface area contributed by atoms with Crippen LogP contribution in [-0.2, 0) is 16.0 Å². The van der Waals surface area contributed by atoms with Crippen LogP contribution in [0.15, 0.2) is 72.8 Å². The molecule has 148 valence electrons. The van der Waals surface area contributed by atoms with Gasteiger partial charge in [0.2, 0.25) is 5.91 Å². The van der Waals surface area contributed by atoms with E-state index in [0.29, 0.717) is 23.5 Å². The van der Waals surface area contributed by atoms with E-state index in [-0.39, 0.29) is 18.4 Å². The van der Waals surface area contributed by atoms with Gasteiger partial charge in [0.05, 0.1) is 6.42 Å². The molecule has 0 unspecified atom stereocenters. The maximum Gasteiger partial charge on any atom is 0.262 e. The van der Waals surface area contributed by atoms with Crippen LogP contribution < -0.4 is 15.4 Å². The molecule has 29 heavy (non-hydrogen) atoms. The topological polar surface area (TPSA) is 67.4 Å². The largest absolute Gasteiger partial charge is 0.484 e. The van der Waals surface area contributed by atoms with Crippen molar-refractivity contribution in [2.45, 2.75) is 20.3 Å². The zero-order valence-electron chi connectivity index (χ0n) is 16.6. The minimum absolute atomic E-state index is 0.0714. The molecule has 0 aliphatic rings. The van der Waals surface area contributed by atoms with E-state index in [4.69, 9.17) is 4.74 Å². The van der Waals surface area contributed by atoms with Gasteiger partial charge in [0.15, 0.2) is 6.61 Å². The molecule has 0 aliphatic carbocycles. The molecular formula is C24H24N2O3. The molecule has 2 amide bonds. The Bertz CT molecular complexity index is 983. The van der Waals surface area contributed by atoms with Gasteiger partial charge in [-0.2, -0.15) is 0 Å². The number of carbonyl (C=O) groups is 2. The standard InChI is InChI=1S/C24H24N2O3/c1-17-8-13-22(14-18(17)2)29-16-24(28)26-21-11-9-20(10-12-21)25-23(27)15-19-6-4-3-5-7-19/h3-14H,15-16H2,1-2H3,(H,25,27)(H,26,28). The van der Waals surface area contributed by atoms with Crippen LogP contribution in [-0.4, -0.2) is 18.4 Å². The zero-order chi connectivity index (χ0) is 20.6. The number of aryl methyl sites for hydroxylation is 2. The van der Waals surface area contributed by atoms with E-state index in [1.807, 2.05) is 62.4 Å². The van der Waals surface area contributed by atoms with Gasteiger partial charge in [0.1, 0.15) is 5.75 Å². The molecule has 0 atom stereocenters. The Morgan fingerprint density at radius 2 is 1.38 bits per heavy atom. The van der Waals surface area contributed by atoms with E-state index in [9.17, 15) is 9.59 Å². The highest BCUT2D eigenvalue weighted by atomic mass is 16.5. The summed E-state index contributed by atoms with van der Waals surface area (Å²) in [6, 6.07) is 22.3. The second kappa shape index (κ2) is 9.55. The fourth-order valence-electron chi connectivity index (χ4n) is 2.77. The smallest absolute Gasteiger partial charge is 0.262 e. The third-order valence-electron chi connectivity index (χ3n) is 4.51. The van der Waals surface area contributed by atoms with Crippen molar-refractivity contribution in [3.63, 3.8) is 0 Å². The highest BCUT2D eigenvalue weighted by Crippen LogP contribution is 2.17. The average molecular weight is 388 g/mol. The molecule has 3 aromatic carbocycles. The Hall–Kier alpha value is -3.60. The third kappa shape index (κ3) is 6.21. The summed E-state index contributed by atoms with van der Waals surface area (Å²) in [4.78, 5) is 24.2. The van der Waals surface area contributed by atoms with Gasteiger partial charge in [-0.25, -0.2) is 0 Å². The van der Waals surface area contributed by atoms with Crippen LogP contribution in [0.5, 0.6) is 5.75 Å². The molecule has 0 saturated carbocycles. The van der Waals surface area contributed by atoms with Crippen LogP contribution in [0.25, 0.3) is 0 Å². The second-order valence-electron chi connectivity index (χ2n) is 6.87. The van der Waals surface area contributed by atoms with Crippen LogP contribution in [0.3, 0.4) is 0 Å². The minimum Gasteiger partial charge on any atom is -0.484 e. The first-order valence-corrected chi connectivity index (χ1v) is 9.43. The van der Waals surface area contributed by atoms with Crippen molar-refractivity contribution < 1.29 is 14.3 Å². The van der Waals surface area contributed by atoms with Crippen molar-refractivity contribution in [2.24, 2.45) is 0 Å². The number of hydrogen-bond acceptors (Lipinski definition) is 3. The molecule has 3 aromatic rings.